The van der Waals surface area contributed by atoms with Crippen molar-refractivity contribution in [3.8, 4) is 5.75 Å². The van der Waals surface area contributed by atoms with Crippen LogP contribution in [0.1, 0.15) is 21.5 Å². The Morgan fingerprint density at radius 1 is 1.10 bits per heavy atom. The third-order valence-corrected chi connectivity index (χ3v) is 2.83. The zero-order valence-electron chi connectivity index (χ0n) is 11.4. The highest BCUT2D eigenvalue weighted by atomic mass is 16.7. The summed E-state index contributed by atoms with van der Waals surface area (Å²) >= 11 is 0. The molecule has 0 fully saturated rings. The van der Waals surface area contributed by atoms with Crippen molar-refractivity contribution < 1.29 is 24.2 Å². The van der Waals surface area contributed by atoms with Crippen LogP contribution in [-0.4, -0.2) is 17.2 Å². The molecule has 0 spiro atoms. The molecule has 2 rings (SSSR count). The Balaban J connectivity index is 1.99. The fourth-order valence-corrected chi connectivity index (χ4v) is 1.68. The number of carbonyl (C=O) groups excluding carboxylic acids is 1. The van der Waals surface area contributed by atoms with Crippen LogP contribution in [0.3, 0.4) is 0 Å². The number of benzene rings is 2. The topological polar surface area (TPSA) is 72.8 Å². The van der Waals surface area contributed by atoms with Gasteiger partial charge in [-0.2, -0.15) is 0 Å². The summed E-state index contributed by atoms with van der Waals surface area (Å²) in [6.07, 6.45) is -0.871. The lowest BCUT2D eigenvalue weighted by atomic mass is 10.1. The fraction of sp³-hybridized carbons (Fsp3) is 0.125. The number of ether oxygens (including phenoxy) is 2. The highest BCUT2D eigenvalue weighted by Crippen LogP contribution is 2.20. The van der Waals surface area contributed by atoms with E-state index in [-0.39, 0.29) is 17.9 Å². The SMILES string of the molecule is Cc1ccc(C(=O)O)cc1OC(=O)OCc1ccccc1. The van der Waals surface area contributed by atoms with Crippen molar-refractivity contribution >= 4 is 12.1 Å². The molecule has 0 aliphatic rings. The molecule has 0 heterocycles. The standard InChI is InChI=1S/C16H14O5/c1-11-7-8-13(15(17)18)9-14(11)21-16(19)20-10-12-5-3-2-4-6-12/h2-9H,10H2,1H3,(H,17,18). The maximum atomic E-state index is 11.6. The minimum atomic E-state index is -1.09. The molecule has 0 aromatic heterocycles. The van der Waals surface area contributed by atoms with E-state index in [1.54, 1.807) is 13.0 Å². The highest BCUT2D eigenvalue weighted by Gasteiger charge is 2.12. The number of hydrogen-bond donors (Lipinski definition) is 1. The number of carbonyl (C=O) groups is 2. The quantitative estimate of drug-likeness (QED) is 0.688. The van der Waals surface area contributed by atoms with Gasteiger partial charge < -0.3 is 14.6 Å². The number of carboxylic acid groups (broad SMARTS) is 1. The average Bonchev–Trinajstić information content (AvgIpc) is 2.48. The summed E-state index contributed by atoms with van der Waals surface area (Å²) in [6.45, 7) is 1.81. The second kappa shape index (κ2) is 6.56. The van der Waals surface area contributed by atoms with Crippen LogP contribution in [0, 0.1) is 6.92 Å². The minimum Gasteiger partial charge on any atom is -0.478 e. The molecule has 0 radical (unpaired) electrons. The molecule has 0 aliphatic carbocycles. The van der Waals surface area contributed by atoms with Crippen molar-refractivity contribution in [1.29, 1.82) is 0 Å². The van der Waals surface area contributed by atoms with Crippen LogP contribution in [0.4, 0.5) is 4.79 Å². The van der Waals surface area contributed by atoms with Gasteiger partial charge in [0.15, 0.2) is 0 Å². The number of hydrogen-bond acceptors (Lipinski definition) is 4. The van der Waals surface area contributed by atoms with Gasteiger partial charge >= 0.3 is 12.1 Å². The second-order valence-electron chi connectivity index (χ2n) is 4.41. The molecule has 0 atom stereocenters. The Bertz CT molecular complexity index is 649. The van der Waals surface area contributed by atoms with Gasteiger partial charge in [-0.3, -0.25) is 0 Å². The molecular formula is C16H14O5. The van der Waals surface area contributed by atoms with E-state index in [1.807, 2.05) is 30.3 Å². The van der Waals surface area contributed by atoms with Crippen LogP contribution in [0.5, 0.6) is 5.75 Å². The monoisotopic (exact) mass is 286 g/mol. The van der Waals surface area contributed by atoms with Gasteiger partial charge in [0.1, 0.15) is 12.4 Å². The summed E-state index contributed by atoms with van der Waals surface area (Å²) in [5.41, 5.74) is 1.54. The molecule has 0 unspecified atom stereocenters. The first-order valence-electron chi connectivity index (χ1n) is 6.29. The first-order chi connectivity index (χ1) is 10.1. The van der Waals surface area contributed by atoms with Crippen LogP contribution in [0.25, 0.3) is 0 Å². The van der Waals surface area contributed by atoms with Gasteiger partial charge in [-0.15, -0.1) is 0 Å². The lowest BCUT2D eigenvalue weighted by Crippen LogP contribution is -2.11. The van der Waals surface area contributed by atoms with E-state index in [4.69, 9.17) is 14.6 Å². The molecule has 1 N–H and O–H groups in total. The van der Waals surface area contributed by atoms with Gasteiger partial charge in [-0.05, 0) is 30.2 Å². The molecule has 2 aromatic carbocycles. The van der Waals surface area contributed by atoms with Gasteiger partial charge in [0.25, 0.3) is 0 Å². The summed E-state index contributed by atoms with van der Waals surface area (Å²) in [7, 11) is 0. The summed E-state index contributed by atoms with van der Waals surface area (Å²) in [5, 5.41) is 8.91. The van der Waals surface area contributed by atoms with Gasteiger partial charge in [0.2, 0.25) is 0 Å². The smallest absolute Gasteiger partial charge is 0.478 e. The third kappa shape index (κ3) is 4.07. The van der Waals surface area contributed by atoms with Gasteiger partial charge in [-0.25, -0.2) is 9.59 Å². The largest absolute Gasteiger partial charge is 0.514 e. The predicted molar refractivity (Wildman–Crippen MR) is 75.4 cm³/mol. The Hall–Kier alpha value is -2.82. The maximum absolute atomic E-state index is 11.6. The lowest BCUT2D eigenvalue weighted by molar-refractivity contribution is 0.0694. The molecule has 0 saturated carbocycles. The summed E-state index contributed by atoms with van der Waals surface area (Å²) in [4.78, 5) is 22.5. The fourth-order valence-electron chi connectivity index (χ4n) is 1.68. The average molecular weight is 286 g/mol. The van der Waals surface area contributed by atoms with Crippen LogP contribution >= 0.6 is 0 Å². The van der Waals surface area contributed by atoms with Crippen LogP contribution in [-0.2, 0) is 11.3 Å². The molecule has 108 valence electrons. The van der Waals surface area contributed by atoms with E-state index >= 15 is 0 Å². The predicted octanol–water partition coefficient (Wildman–Crippen LogP) is 3.41. The molecule has 5 nitrogen and oxygen atoms in total. The van der Waals surface area contributed by atoms with Crippen LogP contribution < -0.4 is 4.74 Å². The molecule has 0 amide bonds. The Morgan fingerprint density at radius 3 is 2.48 bits per heavy atom. The van der Waals surface area contributed by atoms with E-state index in [9.17, 15) is 9.59 Å². The lowest BCUT2D eigenvalue weighted by Gasteiger charge is -2.09. The van der Waals surface area contributed by atoms with Crippen molar-refractivity contribution in [1.82, 2.24) is 0 Å². The van der Waals surface area contributed by atoms with E-state index in [2.05, 4.69) is 0 Å². The first kappa shape index (κ1) is 14.6. The van der Waals surface area contributed by atoms with Crippen molar-refractivity contribution in [2.45, 2.75) is 13.5 Å². The molecule has 21 heavy (non-hydrogen) atoms. The zero-order valence-corrected chi connectivity index (χ0v) is 11.4. The maximum Gasteiger partial charge on any atom is 0.514 e. The normalized spacial score (nSPS) is 9.95. The number of carboxylic acids is 1. The Kier molecular flexibility index (Phi) is 4.56. The summed E-state index contributed by atoms with van der Waals surface area (Å²) in [6, 6.07) is 13.5. The third-order valence-electron chi connectivity index (χ3n) is 2.83. The molecule has 2 aromatic rings. The summed E-state index contributed by atoms with van der Waals surface area (Å²) in [5.74, 6) is -0.912. The highest BCUT2D eigenvalue weighted by molar-refractivity contribution is 5.88. The van der Waals surface area contributed by atoms with Crippen LogP contribution in [0.2, 0.25) is 0 Å². The van der Waals surface area contributed by atoms with Crippen molar-refractivity contribution in [3.63, 3.8) is 0 Å². The Labute approximate surface area is 121 Å². The number of aryl methyl sites for hydroxylation is 1. The summed E-state index contributed by atoms with van der Waals surface area (Å²) < 4.78 is 10.0. The number of aromatic carboxylic acids is 1. The van der Waals surface area contributed by atoms with Gasteiger partial charge in [0.05, 0.1) is 5.56 Å². The van der Waals surface area contributed by atoms with Crippen molar-refractivity contribution in [3.05, 3.63) is 65.2 Å². The van der Waals surface area contributed by atoms with Gasteiger partial charge in [-0.1, -0.05) is 36.4 Å². The van der Waals surface area contributed by atoms with E-state index in [0.29, 0.717) is 5.56 Å². The first-order valence-corrected chi connectivity index (χ1v) is 6.29. The molecule has 0 bridgehead atoms. The molecule has 0 saturated heterocycles. The van der Waals surface area contributed by atoms with E-state index < -0.39 is 12.1 Å². The van der Waals surface area contributed by atoms with E-state index in [0.717, 1.165) is 5.56 Å². The van der Waals surface area contributed by atoms with Gasteiger partial charge in [0, 0.05) is 0 Å². The van der Waals surface area contributed by atoms with E-state index in [1.165, 1.54) is 12.1 Å². The zero-order chi connectivity index (χ0) is 15.2. The molecule has 0 aliphatic heterocycles. The number of rotatable bonds is 4. The second-order valence-corrected chi connectivity index (χ2v) is 4.41. The Morgan fingerprint density at radius 2 is 1.81 bits per heavy atom. The van der Waals surface area contributed by atoms with Crippen molar-refractivity contribution in [2.24, 2.45) is 0 Å². The molecule has 5 heteroatoms. The minimum absolute atomic E-state index is 0.0476. The van der Waals surface area contributed by atoms with Crippen LogP contribution in [0.15, 0.2) is 48.5 Å². The molecular weight excluding hydrogens is 272 g/mol. The van der Waals surface area contributed by atoms with Crippen molar-refractivity contribution in [2.75, 3.05) is 0 Å².